The van der Waals surface area contributed by atoms with Gasteiger partial charge in [0.1, 0.15) is 18.1 Å². The number of benzene rings is 3. The molecule has 1 amide bonds. The van der Waals surface area contributed by atoms with Crippen LogP contribution in [0.3, 0.4) is 0 Å². The summed E-state index contributed by atoms with van der Waals surface area (Å²) in [5.74, 6) is 1.05. The molecule has 1 aliphatic rings. The number of hydrogen-bond acceptors (Lipinski definition) is 5. The molecule has 4 aromatic rings. The average molecular weight is 470 g/mol. The molecule has 0 unspecified atom stereocenters. The van der Waals surface area contributed by atoms with Crippen LogP contribution in [-0.2, 0) is 13.0 Å². The van der Waals surface area contributed by atoms with Crippen molar-refractivity contribution in [2.75, 3.05) is 25.0 Å². The smallest absolute Gasteiger partial charge is 0.259 e. The molecule has 180 valence electrons. The van der Waals surface area contributed by atoms with Crippen LogP contribution in [0.25, 0.3) is 10.8 Å². The number of hydrogen-bond donors (Lipinski definition) is 1. The predicted molar refractivity (Wildman–Crippen MR) is 138 cm³/mol. The van der Waals surface area contributed by atoms with Crippen LogP contribution < -0.4 is 10.1 Å². The standard InChI is InChI=1S/C29H31N3O3/c1-20-27(21(2)35-31-20)19-34-28-18-24-8-4-3-7-23(24)17-26(28)29(33)30-25-11-9-22(10-12-25)13-16-32-14-5-6-15-32/h3-4,7-12,17-18H,5-6,13-16,19H2,1-2H3,(H,30,33). The summed E-state index contributed by atoms with van der Waals surface area (Å²) >= 11 is 0. The number of aryl methyl sites for hydroxylation is 2. The lowest BCUT2D eigenvalue weighted by Crippen LogP contribution is -2.21. The second kappa shape index (κ2) is 10.3. The minimum Gasteiger partial charge on any atom is -0.488 e. The van der Waals surface area contributed by atoms with Crippen LogP contribution in [0.1, 0.15) is 45.8 Å². The second-order valence-corrected chi connectivity index (χ2v) is 9.24. The molecule has 1 fully saturated rings. The molecule has 1 aliphatic heterocycles. The average Bonchev–Trinajstić information content (AvgIpc) is 3.51. The van der Waals surface area contributed by atoms with E-state index in [2.05, 4.69) is 27.5 Å². The van der Waals surface area contributed by atoms with Crippen LogP contribution in [-0.4, -0.2) is 35.6 Å². The summed E-state index contributed by atoms with van der Waals surface area (Å²) in [4.78, 5) is 15.8. The summed E-state index contributed by atoms with van der Waals surface area (Å²) in [6.45, 7) is 7.54. The molecule has 6 heteroatoms. The number of nitrogens with zero attached hydrogens (tertiary/aromatic N) is 2. The molecule has 5 rings (SSSR count). The van der Waals surface area contributed by atoms with Gasteiger partial charge in [0.25, 0.3) is 5.91 Å². The fourth-order valence-electron chi connectivity index (χ4n) is 4.62. The number of carbonyl (C=O) groups is 1. The van der Waals surface area contributed by atoms with Crippen LogP contribution in [0.5, 0.6) is 5.75 Å². The Hall–Kier alpha value is -3.64. The van der Waals surface area contributed by atoms with Crippen molar-refractivity contribution in [3.8, 4) is 5.75 Å². The Balaban J connectivity index is 1.32. The van der Waals surface area contributed by atoms with Crippen molar-refractivity contribution in [3.05, 3.63) is 88.8 Å². The number of nitrogens with one attached hydrogen (secondary N) is 1. The van der Waals surface area contributed by atoms with E-state index in [0.717, 1.165) is 46.4 Å². The van der Waals surface area contributed by atoms with Crippen LogP contribution in [0.2, 0.25) is 0 Å². The summed E-state index contributed by atoms with van der Waals surface area (Å²) < 4.78 is 11.4. The maximum Gasteiger partial charge on any atom is 0.259 e. The van der Waals surface area contributed by atoms with Gasteiger partial charge in [-0.15, -0.1) is 0 Å². The van der Waals surface area contributed by atoms with Gasteiger partial charge in [0.15, 0.2) is 0 Å². The molecule has 35 heavy (non-hydrogen) atoms. The van der Waals surface area contributed by atoms with Gasteiger partial charge in [0.2, 0.25) is 0 Å². The van der Waals surface area contributed by atoms with E-state index in [1.807, 2.05) is 62.4 Å². The lowest BCUT2D eigenvalue weighted by Gasteiger charge is -2.15. The fourth-order valence-corrected chi connectivity index (χ4v) is 4.62. The number of rotatable bonds is 8. The lowest BCUT2D eigenvalue weighted by molar-refractivity contribution is 0.102. The Morgan fingerprint density at radius 1 is 1.03 bits per heavy atom. The van der Waals surface area contributed by atoms with Crippen molar-refractivity contribution in [1.29, 1.82) is 0 Å². The Morgan fingerprint density at radius 3 is 2.43 bits per heavy atom. The summed E-state index contributed by atoms with van der Waals surface area (Å²) in [6.07, 6.45) is 3.64. The van der Waals surface area contributed by atoms with Gasteiger partial charge in [0.05, 0.1) is 16.8 Å². The first-order valence-electron chi connectivity index (χ1n) is 12.3. The van der Waals surface area contributed by atoms with E-state index in [-0.39, 0.29) is 12.5 Å². The zero-order valence-electron chi connectivity index (χ0n) is 20.3. The van der Waals surface area contributed by atoms with Gasteiger partial charge in [-0.05, 0) is 86.8 Å². The summed E-state index contributed by atoms with van der Waals surface area (Å²) in [5.41, 5.74) is 4.23. The predicted octanol–water partition coefficient (Wildman–Crippen LogP) is 5.91. The topological polar surface area (TPSA) is 67.6 Å². The number of carbonyl (C=O) groups excluding carboxylic acids is 1. The third kappa shape index (κ3) is 5.38. The number of aromatic nitrogens is 1. The van der Waals surface area contributed by atoms with E-state index in [9.17, 15) is 4.79 Å². The quantitative estimate of drug-likeness (QED) is 0.347. The van der Waals surface area contributed by atoms with Crippen molar-refractivity contribution in [1.82, 2.24) is 10.1 Å². The molecule has 3 aromatic carbocycles. The third-order valence-electron chi connectivity index (χ3n) is 6.77. The normalized spacial score (nSPS) is 13.9. The Morgan fingerprint density at radius 2 is 1.74 bits per heavy atom. The maximum absolute atomic E-state index is 13.3. The van der Waals surface area contributed by atoms with Gasteiger partial charge in [-0.25, -0.2) is 0 Å². The molecule has 1 N–H and O–H groups in total. The molecule has 0 radical (unpaired) electrons. The monoisotopic (exact) mass is 469 g/mol. The summed E-state index contributed by atoms with van der Waals surface area (Å²) in [6, 6.07) is 19.9. The highest BCUT2D eigenvalue weighted by molar-refractivity contribution is 6.08. The lowest BCUT2D eigenvalue weighted by atomic mass is 10.0. The van der Waals surface area contributed by atoms with Crippen molar-refractivity contribution in [3.63, 3.8) is 0 Å². The van der Waals surface area contributed by atoms with E-state index >= 15 is 0 Å². The molecule has 0 bridgehead atoms. The van der Waals surface area contributed by atoms with Crippen molar-refractivity contribution in [2.24, 2.45) is 0 Å². The number of amides is 1. The van der Waals surface area contributed by atoms with Gasteiger partial charge < -0.3 is 19.5 Å². The summed E-state index contributed by atoms with van der Waals surface area (Å²) in [5, 5.41) is 9.04. The highest BCUT2D eigenvalue weighted by Gasteiger charge is 2.17. The molecular weight excluding hydrogens is 438 g/mol. The molecule has 1 aromatic heterocycles. The second-order valence-electron chi connectivity index (χ2n) is 9.24. The van der Waals surface area contributed by atoms with E-state index in [1.54, 1.807) is 0 Å². The Bertz CT molecular complexity index is 1300. The molecule has 1 saturated heterocycles. The SMILES string of the molecule is Cc1noc(C)c1COc1cc2ccccc2cc1C(=O)Nc1ccc(CCN2CCCC2)cc1. The molecule has 6 nitrogen and oxygen atoms in total. The van der Waals surface area contributed by atoms with Gasteiger partial charge in [0, 0.05) is 12.2 Å². The number of likely N-dealkylation sites (tertiary alicyclic amines) is 1. The largest absolute Gasteiger partial charge is 0.488 e. The highest BCUT2D eigenvalue weighted by atomic mass is 16.5. The van der Waals surface area contributed by atoms with E-state index in [0.29, 0.717) is 11.3 Å². The van der Waals surface area contributed by atoms with E-state index < -0.39 is 0 Å². The summed E-state index contributed by atoms with van der Waals surface area (Å²) in [7, 11) is 0. The Labute approximate surface area is 205 Å². The zero-order valence-corrected chi connectivity index (χ0v) is 20.3. The number of fused-ring (bicyclic) bond motifs is 1. The first-order valence-corrected chi connectivity index (χ1v) is 12.3. The van der Waals surface area contributed by atoms with Gasteiger partial charge >= 0.3 is 0 Å². The van der Waals surface area contributed by atoms with E-state index in [4.69, 9.17) is 9.26 Å². The minimum atomic E-state index is -0.200. The third-order valence-corrected chi connectivity index (χ3v) is 6.77. The van der Waals surface area contributed by atoms with Crippen LogP contribution in [0, 0.1) is 13.8 Å². The Kier molecular flexibility index (Phi) is 6.82. The number of ether oxygens (including phenoxy) is 1. The number of anilines is 1. The van der Waals surface area contributed by atoms with Crippen LogP contribution >= 0.6 is 0 Å². The maximum atomic E-state index is 13.3. The molecular formula is C29H31N3O3. The molecule has 2 heterocycles. The van der Waals surface area contributed by atoms with E-state index in [1.165, 1.54) is 31.5 Å². The first-order chi connectivity index (χ1) is 17.1. The van der Waals surface area contributed by atoms with Gasteiger partial charge in [-0.3, -0.25) is 4.79 Å². The fraction of sp³-hybridized carbons (Fsp3) is 0.310. The van der Waals surface area contributed by atoms with Gasteiger partial charge in [-0.1, -0.05) is 41.6 Å². The van der Waals surface area contributed by atoms with Crippen LogP contribution in [0.15, 0.2) is 65.2 Å². The minimum absolute atomic E-state index is 0.200. The van der Waals surface area contributed by atoms with Gasteiger partial charge in [-0.2, -0.15) is 0 Å². The molecule has 0 atom stereocenters. The van der Waals surface area contributed by atoms with Crippen molar-refractivity contribution in [2.45, 2.75) is 39.7 Å². The molecule has 0 saturated carbocycles. The van der Waals surface area contributed by atoms with Crippen molar-refractivity contribution >= 4 is 22.4 Å². The molecule has 0 aliphatic carbocycles. The van der Waals surface area contributed by atoms with Crippen LogP contribution in [0.4, 0.5) is 5.69 Å². The van der Waals surface area contributed by atoms with Crippen molar-refractivity contribution < 1.29 is 14.1 Å². The first kappa shape index (κ1) is 23.1. The zero-order chi connectivity index (χ0) is 24.2. The molecule has 0 spiro atoms. The highest BCUT2D eigenvalue weighted by Crippen LogP contribution is 2.28.